The molecule has 6 nitrogen and oxygen atoms in total. The van der Waals surface area contributed by atoms with E-state index in [1.807, 2.05) is 6.92 Å². The Balaban J connectivity index is 2.28. The highest BCUT2D eigenvalue weighted by Gasteiger charge is 2.15. The van der Waals surface area contributed by atoms with E-state index in [1.54, 1.807) is 18.2 Å². The van der Waals surface area contributed by atoms with Gasteiger partial charge in [-0.1, -0.05) is 29.3 Å². The van der Waals surface area contributed by atoms with Crippen LogP contribution in [0.4, 0.5) is 16.3 Å². The van der Waals surface area contributed by atoms with Gasteiger partial charge in [0.1, 0.15) is 0 Å². The molecule has 1 aromatic carbocycles. The zero-order valence-corrected chi connectivity index (χ0v) is 13.9. The van der Waals surface area contributed by atoms with Gasteiger partial charge in [-0.2, -0.15) is 15.0 Å². The van der Waals surface area contributed by atoms with Crippen molar-refractivity contribution in [3.05, 3.63) is 39.6 Å². The number of benzene rings is 1. The Morgan fingerprint density at radius 2 is 1.87 bits per heavy atom. The van der Waals surface area contributed by atoms with Gasteiger partial charge in [-0.25, -0.2) is 4.39 Å². The Bertz CT molecular complexity index is 714. The van der Waals surface area contributed by atoms with Crippen LogP contribution >= 0.6 is 23.2 Å². The molecule has 1 heterocycles. The number of alkyl halides is 1. The molecule has 0 aliphatic heterocycles. The number of carbonyl (C=O) groups excluding carboxylic acids is 1. The van der Waals surface area contributed by atoms with Gasteiger partial charge in [0, 0.05) is 10.0 Å². The number of nitrogens with one attached hydrogen (secondary N) is 2. The fourth-order valence-corrected chi connectivity index (χ4v) is 2.45. The third kappa shape index (κ3) is 4.49. The van der Waals surface area contributed by atoms with Crippen LogP contribution in [-0.4, -0.2) is 21.4 Å². The van der Waals surface area contributed by atoms with E-state index in [0.717, 1.165) is 5.56 Å². The van der Waals surface area contributed by atoms with Gasteiger partial charge in [-0.3, -0.25) is 10.1 Å². The van der Waals surface area contributed by atoms with Gasteiger partial charge in [0.2, 0.25) is 18.3 Å². The first-order valence-electron chi connectivity index (χ1n) is 6.72. The molecule has 0 fully saturated rings. The predicted molar refractivity (Wildman–Crippen MR) is 87.5 cm³/mol. The number of rotatable bonds is 6. The van der Waals surface area contributed by atoms with Crippen LogP contribution < -0.4 is 10.6 Å². The Morgan fingerprint density at radius 1 is 1.17 bits per heavy atom. The number of halogens is 3. The molecule has 0 spiro atoms. The summed E-state index contributed by atoms with van der Waals surface area (Å²) in [5.41, 5.74) is 0.774. The quantitative estimate of drug-likeness (QED) is 0.765. The lowest BCUT2D eigenvalue weighted by Crippen LogP contribution is -2.14. The monoisotopic (exact) mass is 357 g/mol. The Morgan fingerprint density at radius 3 is 2.48 bits per heavy atom. The summed E-state index contributed by atoms with van der Waals surface area (Å²) in [4.78, 5) is 22.3. The summed E-state index contributed by atoms with van der Waals surface area (Å²) in [6.45, 7) is 3.13. The van der Waals surface area contributed by atoms with Crippen molar-refractivity contribution in [1.29, 1.82) is 0 Å². The van der Waals surface area contributed by atoms with Crippen molar-refractivity contribution in [2.45, 2.75) is 26.1 Å². The Hall–Kier alpha value is -1.99. The first-order chi connectivity index (χ1) is 10.9. The van der Waals surface area contributed by atoms with Gasteiger partial charge in [0.15, 0.2) is 12.0 Å². The molecule has 23 heavy (non-hydrogen) atoms. The summed E-state index contributed by atoms with van der Waals surface area (Å²) in [5.74, 6) is 0.00928. The van der Waals surface area contributed by atoms with Crippen molar-refractivity contribution in [3.63, 3.8) is 0 Å². The van der Waals surface area contributed by atoms with E-state index in [-0.39, 0.29) is 23.8 Å². The Kier molecular flexibility index (Phi) is 5.68. The zero-order valence-electron chi connectivity index (χ0n) is 12.3. The fraction of sp³-hybridized carbons (Fsp3) is 0.286. The van der Waals surface area contributed by atoms with Gasteiger partial charge in [-0.05, 0) is 31.5 Å². The van der Waals surface area contributed by atoms with Gasteiger partial charge >= 0.3 is 0 Å². The van der Waals surface area contributed by atoms with Gasteiger partial charge in [0.25, 0.3) is 0 Å². The van der Waals surface area contributed by atoms with Crippen molar-refractivity contribution in [1.82, 2.24) is 15.0 Å². The van der Waals surface area contributed by atoms with E-state index < -0.39 is 6.17 Å². The lowest BCUT2D eigenvalue weighted by Gasteiger charge is -2.16. The summed E-state index contributed by atoms with van der Waals surface area (Å²) in [6.07, 6.45) is -0.995. The van der Waals surface area contributed by atoms with Crippen molar-refractivity contribution < 1.29 is 9.18 Å². The number of amides is 1. The maximum atomic E-state index is 13.5. The van der Waals surface area contributed by atoms with E-state index in [2.05, 4.69) is 25.6 Å². The molecule has 2 aromatic rings. The molecule has 0 saturated heterocycles. The van der Waals surface area contributed by atoms with E-state index in [1.165, 1.54) is 6.92 Å². The molecule has 2 rings (SSSR count). The first kappa shape index (κ1) is 17.4. The fourth-order valence-electron chi connectivity index (χ4n) is 1.88. The summed E-state index contributed by atoms with van der Waals surface area (Å²) in [6, 6.07) is 4.84. The summed E-state index contributed by atoms with van der Waals surface area (Å²) in [5, 5.41) is 6.29. The molecule has 9 heteroatoms. The summed E-state index contributed by atoms with van der Waals surface area (Å²) < 4.78 is 13.5. The molecular weight excluding hydrogens is 344 g/mol. The van der Waals surface area contributed by atoms with E-state index in [4.69, 9.17) is 23.2 Å². The van der Waals surface area contributed by atoms with Crippen LogP contribution in [0, 0.1) is 0 Å². The second-order valence-corrected chi connectivity index (χ2v) is 5.59. The van der Waals surface area contributed by atoms with E-state index in [9.17, 15) is 9.18 Å². The predicted octanol–water partition coefficient (Wildman–Crippen LogP) is 3.95. The molecule has 0 bridgehead atoms. The molecule has 2 unspecified atom stereocenters. The minimum absolute atomic E-state index is 0.0357. The van der Waals surface area contributed by atoms with Crippen LogP contribution in [0.15, 0.2) is 18.2 Å². The molecule has 122 valence electrons. The largest absolute Gasteiger partial charge is 0.347 e. The van der Waals surface area contributed by atoms with Crippen molar-refractivity contribution in [2.24, 2.45) is 0 Å². The number of anilines is 2. The number of aromatic nitrogens is 3. The smallest absolute Gasteiger partial charge is 0.234 e. The molecule has 0 aliphatic carbocycles. The second kappa shape index (κ2) is 7.52. The average molecular weight is 358 g/mol. The average Bonchev–Trinajstić information content (AvgIpc) is 2.47. The van der Waals surface area contributed by atoms with Crippen LogP contribution in [0.1, 0.15) is 37.4 Å². The van der Waals surface area contributed by atoms with Gasteiger partial charge in [-0.15, -0.1) is 0 Å². The third-order valence-electron chi connectivity index (χ3n) is 2.97. The number of carbonyl (C=O) groups is 1. The molecule has 1 aromatic heterocycles. The standard InChI is InChI=1S/C14H14Cl2FN5O/c1-7(17)12-20-13(18-6-23)22-14(21-12)19-8(2)10-4-3-9(15)5-11(10)16/h3-8H,1-2H3,(H2,18,19,20,21,22,23). The highest BCUT2D eigenvalue weighted by Crippen LogP contribution is 2.28. The van der Waals surface area contributed by atoms with Crippen LogP contribution in [0.3, 0.4) is 0 Å². The van der Waals surface area contributed by atoms with Crippen LogP contribution in [0.5, 0.6) is 0 Å². The molecule has 2 atom stereocenters. The normalized spacial score (nSPS) is 13.3. The van der Waals surface area contributed by atoms with Gasteiger partial charge < -0.3 is 5.32 Å². The molecule has 1 amide bonds. The lowest BCUT2D eigenvalue weighted by molar-refractivity contribution is -0.105. The third-order valence-corrected chi connectivity index (χ3v) is 3.53. The molecule has 0 saturated carbocycles. The minimum atomic E-state index is -1.40. The molecule has 2 N–H and O–H groups in total. The zero-order chi connectivity index (χ0) is 17.0. The highest BCUT2D eigenvalue weighted by molar-refractivity contribution is 6.35. The SMILES string of the molecule is CC(F)c1nc(NC=O)nc(NC(C)c2ccc(Cl)cc2Cl)n1. The highest BCUT2D eigenvalue weighted by atomic mass is 35.5. The van der Waals surface area contributed by atoms with Crippen LogP contribution in [0.2, 0.25) is 10.0 Å². The molecular formula is C14H14Cl2FN5O. The van der Waals surface area contributed by atoms with E-state index in [0.29, 0.717) is 16.5 Å². The van der Waals surface area contributed by atoms with E-state index >= 15 is 0 Å². The van der Waals surface area contributed by atoms with Crippen molar-refractivity contribution >= 4 is 41.5 Å². The Labute approximate surface area is 142 Å². The maximum absolute atomic E-state index is 13.5. The number of nitrogens with zero attached hydrogens (tertiary/aromatic N) is 3. The van der Waals surface area contributed by atoms with Crippen molar-refractivity contribution in [2.75, 3.05) is 10.6 Å². The number of hydrogen-bond donors (Lipinski definition) is 2. The first-order valence-corrected chi connectivity index (χ1v) is 7.48. The topological polar surface area (TPSA) is 79.8 Å². The van der Waals surface area contributed by atoms with Crippen LogP contribution in [0.25, 0.3) is 0 Å². The molecule has 0 aliphatic rings. The summed E-state index contributed by atoms with van der Waals surface area (Å²) in [7, 11) is 0. The summed E-state index contributed by atoms with van der Waals surface area (Å²) >= 11 is 12.0. The van der Waals surface area contributed by atoms with Crippen LogP contribution in [-0.2, 0) is 4.79 Å². The van der Waals surface area contributed by atoms with Gasteiger partial charge in [0.05, 0.1) is 6.04 Å². The second-order valence-electron chi connectivity index (χ2n) is 4.75. The number of hydrogen-bond acceptors (Lipinski definition) is 5. The molecule has 0 radical (unpaired) electrons. The lowest BCUT2D eigenvalue weighted by atomic mass is 10.1. The van der Waals surface area contributed by atoms with Crippen molar-refractivity contribution in [3.8, 4) is 0 Å². The minimum Gasteiger partial charge on any atom is -0.347 e. The maximum Gasteiger partial charge on any atom is 0.234 e.